The molecule has 1 aromatic rings. The molecule has 1 saturated carbocycles. The predicted molar refractivity (Wildman–Crippen MR) is 89.7 cm³/mol. The van der Waals surface area contributed by atoms with E-state index in [1.165, 1.54) is 25.7 Å². The van der Waals surface area contributed by atoms with E-state index in [1.807, 2.05) is 30.3 Å². The monoisotopic (exact) mass is 301 g/mol. The van der Waals surface area contributed by atoms with Gasteiger partial charge in [-0.1, -0.05) is 25.1 Å². The van der Waals surface area contributed by atoms with Crippen molar-refractivity contribution in [2.45, 2.75) is 38.1 Å². The first-order chi connectivity index (χ1) is 10.5. The second-order valence-corrected chi connectivity index (χ2v) is 7.73. The van der Waals surface area contributed by atoms with E-state index in [0.717, 1.165) is 31.1 Å². The summed E-state index contributed by atoms with van der Waals surface area (Å²) in [7, 11) is 4.20. The van der Waals surface area contributed by atoms with E-state index in [1.54, 1.807) is 0 Å². The number of likely N-dealkylation sites (N-methyl/N-ethyl adjacent to an activating group) is 1. The lowest BCUT2D eigenvalue weighted by atomic mass is 9.82. The number of carbonyl (C=O) groups is 1. The van der Waals surface area contributed by atoms with Gasteiger partial charge in [0.15, 0.2) is 5.54 Å². The van der Waals surface area contributed by atoms with E-state index in [-0.39, 0.29) is 5.54 Å². The Bertz CT molecular complexity index is 532. The lowest BCUT2D eigenvalue weighted by molar-refractivity contribution is -0.746. The molecule has 3 heteroatoms. The zero-order valence-corrected chi connectivity index (χ0v) is 14.2. The zero-order chi connectivity index (χ0) is 15.8. The van der Waals surface area contributed by atoms with Crippen LogP contribution in [0.1, 0.15) is 43.0 Å². The average molecular weight is 301 g/mol. The van der Waals surface area contributed by atoms with Crippen molar-refractivity contribution in [1.82, 2.24) is 4.90 Å². The molecule has 2 aliphatic rings. The van der Waals surface area contributed by atoms with Gasteiger partial charge in [-0.3, -0.25) is 0 Å². The van der Waals surface area contributed by atoms with Crippen molar-refractivity contribution >= 4 is 5.91 Å². The Hall–Kier alpha value is -1.19. The predicted octanol–water partition coefficient (Wildman–Crippen LogP) is 3.17. The first-order valence-corrected chi connectivity index (χ1v) is 8.61. The lowest BCUT2D eigenvalue weighted by Crippen LogP contribution is -2.46. The quantitative estimate of drug-likeness (QED) is 0.629. The average Bonchev–Trinajstić information content (AvgIpc) is 3.17. The van der Waals surface area contributed by atoms with Crippen LogP contribution in [-0.2, 0) is 0 Å². The van der Waals surface area contributed by atoms with Gasteiger partial charge in [0, 0.05) is 19.4 Å². The molecule has 0 radical (unpaired) electrons. The Labute approximate surface area is 134 Å². The highest BCUT2D eigenvalue weighted by Gasteiger charge is 2.73. The van der Waals surface area contributed by atoms with Crippen LogP contribution in [0.25, 0.3) is 0 Å². The molecule has 1 aliphatic heterocycles. The highest BCUT2D eigenvalue weighted by molar-refractivity contribution is 5.90. The van der Waals surface area contributed by atoms with Gasteiger partial charge < -0.3 is 4.90 Å². The number of benzene rings is 1. The zero-order valence-electron chi connectivity index (χ0n) is 14.2. The van der Waals surface area contributed by atoms with Gasteiger partial charge in [0.25, 0.3) is 0 Å². The van der Waals surface area contributed by atoms with Crippen LogP contribution in [0.2, 0.25) is 0 Å². The molecule has 1 spiro atoms. The minimum atomic E-state index is 0.245. The minimum absolute atomic E-state index is 0.245. The van der Waals surface area contributed by atoms with E-state index >= 15 is 0 Å². The summed E-state index contributed by atoms with van der Waals surface area (Å²) in [4.78, 5) is 15.5. The van der Waals surface area contributed by atoms with Gasteiger partial charge >= 0.3 is 5.91 Å². The molecular weight excluding hydrogens is 272 g/mol. The van der Waals surface area contributed by atoms with Gasteiger partial charge in [-0.25, -0.2) is 9.28 Å². The highest BCUT2D eigenvalue weighted by atomic mass is 16.2. The standard InChI is InChI=1S/C19H29N2O/c1-16-9-11-19(12-10-16)15-21(19,14-13-20(2)3)18(22)17-7-5-4-6-8-17/h4-8,16H,9-15H2,1-3H3/q+1. The molecule has 1 saturated heterocycles. The van der Waals surface area contributed by atoms with Crippen LogP contribution in [-0.4, -0.2) is 54.6 Å². The van der Waals surface area contributed by atoms with E-state index in [0.29, 0.717) is 10.4 Å². The molecular formula is C19H29N2O+. The van der Waals surface area contributed by atoms with Crippen molar-refractivity contribution in [1.29, 1.82) is 0 Å². The van der Waals surface area contributed by atoms with Crippen LogP contribution in [0.3, 0.4) is 0 Å². The van der Waals surface area contributed by atoms with Crippen LogP contribution in [0, 0.1) is 5.92 Å². The molecule has 1 amide bonds. The van der Waals surface area contributed by atoms with Gasteiger partial charge in [0.1, 0.15) is 6.54 Å². The van der Waals surface area contributed by atoms with Crippen LogP contribution in [0.4, 0.5) is 0 Å². The van der Waals surface area contributed by atoms with Gasteiger partial charge in [-0.2, -0.15) is 0 Å². The van der Waals surface area contributed by atoms with E-state index < -0.39 is 0 Å². The number of quaternary nitrogens is 1. The molecule has 3 nitrogen and oxygen atoms in total. The number of hydrogen-bond acceptors (Lipinski definition) is 2. The fraction of sp³-hybridized carbons (Fsp3) is 0.632. The molecule has 1 heterocycles. The topological polar surface area (TPSA) is 20.3 Å². The summed E-state index contributed by atoms with van der Waals surface area (Å²) in [6, 6.07) is 9.91. The van der Waals surface area contributed by atoms with Gasteiger partial charge in [0.2, 0.25) is 0 Å². The summed E-state index contributed by atoms with van der Waals surface area (Å²) < 4.78 is 0.696. The van der Waals surface area contributed by atoms with Gasteiger partial charge in [-0.05, 0) is 45.0 Å². The Morgan fingerprint density at radius 3 is 2.45 bits per heavy atom. The molecule has 3 rings (SSSR count). The van der Waals surface area contributed by atoms with Crippen LogP contribution in [0.15, 0.2) is 30.3 Å². The fourth-order valence-corrected chi connectivity index (χ4v) is 4.26. The molecule has 1 aliphatic carbocycles. The van der Waals surface area contributed by atoms with Crippen molar-refractivity contribution < 1.29 is 9.28 Å². The first-order valence-electron chi connectivity index (χ1n) is 8.61. The molecule has 1 atom stereocenters. The largest absolute Gasteiger partial charge is 0.346 e. The SMILES string of the molecule is CC1CCC2(CC1)C[N+]2(CCN(C)C)C(=O)c1ccccc1. The summed E-state index contributed by atoms with van der Waals surface area (Å²) >= 11 is 0. The van der Waals surface area contributed by atoms with Crippen molar-refractivity contribution in [3.05, 3.63) is 35.9 Å². The second kappa shape index (κ2) is 5.78. The van der Waals surface area contributed by atoms with Crippen LogP contribution < -0.4 is 0 Å². The summed E-state index contributed by atoms with van der Waals surface area (Å²) in [5.41, 5.74) is 1.13. The fourth-order valence-electron chi connectivity index (χ4n) is 4.26. The Morgan fingerprint density at radius 2 is 1.86 bits per heavy atom. The van der Waals surface area contributed by atoms with Crippen LogP contribution >= 0.6 is 0 Å². The minimum Gasteiger partial charge on any atom is -0.304 e. The molecule has 0 N–H and O–H groups in total. The molecule has 22 heavy (non-hydrogen) atoms. The summed E-state index contributed by atoms with van der Waals surface area (Å²) in [6.45, 7) is 5.34. The number of amides is 1. The molecule has 2 fully saturated rings. The highest BCUT2D eigenvalue weighted by Crippen LogP contribution is 2.54. The smallest absolute Gasteiger partial charge is 0.304 e. The number of nitrogens with zero attached hydrogens (tertiary/aromatic N) is 2. The van der Waals surface area contributed by atoms with Crippen LogP contribution in [0.5, 0.6) is 0 Å². The third kappa shape index (κ3) is 2.61. The van der Waals surface area contributed by atoms with Crippen molar-refractivity contribution in [2.24, 2.45) is 5.92 Å². The Balaban J connectivity index is 1.84. The number of hydrogen-bond donors (Lipinski definition) is 0. The third-order valence-electron chi connectivity index (χ3n) is 5.91. The first kappa shape index (κ1) is 15.7. The van der Waals surface area contributed by atoms with E-state index in [4.69, 9.17) is 0 Å². The van der Waals surface area contributed by atoms with E-state index in [2.05, 4.69) is 25.9 Å². The van der Waals surface area contributed by atoms with Gasteiger partial charge in [0.05, 0.1) is 12.1 Å². The summed E-state index contributed by atoms with van der Waals surface area (Å²) in [5, 5.41) is 0. The normalized spacial score (nSPS) is 34.1. The molecule has 120 valence electrons. The van der Waals surface area contributed by atoms with Crippen molar-refractivity contribution in [2.75, 3.05) is 33.7 Å². The van der Waals surface area contributed by atoms with Gasteiger partial charge in [-0.15, -0.1) is 0 Å². The molecule has 0 aromatic heterocycles. The Morgan fingerprint density at radius 1 is 1.23 bits per heavy atom. The maximum Gasteiger partial charge on any atom is 0.346 e. The summed E-state index contributed by atoms with van der Waals surface area (Å²) in [6.07, 6.45) is 5.01. The maximum absolute atomic E-state index is 13.3. The third-order valence-corrected chi connectivity index (χ3v) is 5.91. The second-order valence-electron chi connectivity index (χ2n) is 7.73. The Kier molecular flexibility index (Phi) is 4.13. The molecule has 1 unspecified atom stereocenters. The number of carbonyl (C=O) groups excluding carboxylic acids is 1. The molecule has 0 bridgehead atoms. The number of rotatable bonds is 4. The summed E-state index contributed by atoms with van der Waals surface area (Å²) in [5.74, 6) is 1.17. The van der Waals surface area contributed by atoms with E-state index in [9.17, 15) is 4.79 Å². The maximum atomic E-state index is 13.3. The lowest BCUT2D eigenvalue weighted by Gasteiger charge is -2.30. The van der Waals surface area contributed by atoms with Crippen molar-refractivity contribution in [3.8, 4) is 0 Å². The van der Waals surface area contributed by atoms with Crippen molar-refractivity contribution in [3.63, 3.8) is 0 Å². The molecule has 1 aromatic carbocycles.